The molecule has 0 aliphatic heterocycles. The Morgan fingerprint density at radius 2 is 1.57 bits per heavy atom. The third-order valence-corrected chi connectivity index (χ3v) is 4.79. The van der Waals surface area contributed by atoms with Crippen LogP contribution in [0.3, 0.4) is 0 Å². The minimum Gasteiger partial charge on any atom is -0.497 e. The lowest BCUT2D eigenvalue weighted by Crippen LogP contribution is -2.45. The molecule has 0 aliphatic carbocycles. The number of nitrogens with two attached hydrogens (primary N) is 2. The van der Waals surface area contributed by atoms with Crippen molar-refractivity contribution in [2.75, 3.05) is 31.6 Å². The minimum absolute atomic E-state index is 0.0157. The van der Waals surface area contributed by atoms with Crippen LogP contribution in [0, 0.1) is 0 Å². The van der Waals surface area contributed by atoms with E-state index < -0.39 is 11.8 Å². The molecule has 8 heteroatoms. The number of primary amides is 2. The van der Waals surface area contributed by atoms with Gasteiger partial charge in [0.2, 0.25) is 17.7 Å². The van der Waals surface area contributed by atoms with Gasteiger partial charge in [-0.25, -0.2) is 0 Å². The fourth-order valence-corrected chi connectivity index (χ4v) is 3.11. The molecule has 1 atom stereocenters. The molecule has 2 rings (SSSR count). The van der Waals surface area contributed by atoms with Gasteiger partial charge in [-0.2, -0.15) is 0 Å². The van der Waals surface area contributed by atoms with Crippen LogP contribution in [0.15, 0.2) is 54.6 Å². The quantitative estimate of drug-likeness (QED) is 0.579. The average molecular weight is 412 g/mol. The molecule has 3 amide bonds. The Hall–Kier alpha value is -3.39. The highest BCUT2D eigenvalue weighted by atomic mass is 16.5. The van der Waals surface area contributed by atoms with Crippen LogP contribution in [0.4, 0.5) is 5.69 Å². The summed E-state index contributed by atoms with van der Waals surface area (Å²) in [5.41, 5.74) is 12.3. The molecule has 0 heterocycles. The largest absolute Gasteiger partial charge is 0.497 e. The number of carbonyl (C=O) groups excluding carboxylic acids is 3. The predicted molar refractivity (Wildman–Crippen MR) is 115 cm³/mol. The highest BCUT2D eigenvalue weighted by molar-refractivity contribution is 5.95. The highest BCUT2D eigenvalue weighted by Gasteiger charge is 2.24. The Morgan fingerprint density at radius 1 is 0.933 bits per heavy atom. The van der Waals surface area contributed by atoms with Gasteiger partial charge < -0.3 is 21.1 Å². The van der Waals surface area contributed by atoms with Crippen LogP contribution in [0.5, 0.6) is 5.75 Å². The first-order chi connectivity index (χ1) is 14.3. The number of nitrogens with zero attached hydrogens (tertiary/aromatic N) is 2. The molecule has 4 N–H and O–H groups in total. The summed E-state index contributed by atoms with van der Waals surface area (Å²) in [6, 6.07) is 16.3. The Labute approximate surface area is 176 Å². The second-order valence-corrected chi connectivity index (χ2v) is 6.92. The zero-order valence-corrected chi connectivity index (χ0v) is 17.3. The summed E-state index contributed by atoms with van der Waals surface area (Å²) in [6.45, 7) is 1.91. The first-order valence-corrected chi connectivity index (χ1v) is 9.61. The Bertz CT molecular complexity index is 855. The maximum Gasteiger partial charge on any atom is 0.241 e. The van der Waals surface area contributed by atoms with Crippen LogP contribution in [-0.2, 0) is 14.4 Å². The molecule has 0 fully saturated rings. The molecule has 30 heavy (non-hydrogen) atoms. The van der Waals surface area contributed by atoms with Crippen LogP contribution in [0.25, 0.3) is 0 Å². The number of hydrogen-bond acceptors (Lipinski definition) is 5. The van der Waals surface area contributed by atoms with Gasteiger partial charge in [0, 0.05) is 24.7 Å². The number of hydrogen-bond donors (Lipinski definition) is 2. The average Bonchev–Trinajstić information content (AvgIpc) is 2.73. The first kappa shape index (κ1) is 22.9. The maximum atomic E-state index is 13.2. The third kappa shape index (κ3) is 6.59. The summed E-state index contributed by atoms with van der Waals surface area (Å²) in [5, 5.41) is 0. The molecular weight excluding hydrogens is 384 g/mol. The lowest BCUT2D eigenvalue weighted by molar-refractivity contribution is -0.123. The molecule has 8 nitrogen and oxygen atoms in total. The molecule has 0 radical (unpaired) electrons. The van der Waals surface area contributed by atoms with Crippen LogP contribution in [0.1, 0.15) is 24.9 Å². The van der Waals surface area contributed by atoms with Gasteiger partial charge in [-0.1, -0.05) is 30.3 Å². The van der Waals surface area contributed by atoms with E-state index >= 15 is 0 Å². The molecule has 2 aromatic rings. The zero-order valence-electron chi connectivity index (χ0n) is 17.3. The lowest BCUT2D eigenvalue weighted by atomic mass is 10.1. The van der Waals surface area contributed by atoms with E-state index in [0.717, 1.165) is 5.56 Å². The molecule has 0 spiro atoms. The summed E-state index contributed by atoms with van der Waals surface area (Å²) in [4.78, 5) is 39.3. The zero-order chi connectivity index (χ0) is 22.1. The van der Waals surface area contributed by atoms with E-state index in [1.807, 2.05) is 37.3 Å². The van der Waals surface area contributed by atoms with Gasteiger partial charge in [-0.05, 0) is 36.8 Å². The van der Waals surface area contributed by atoms with Crippen molar-refractivity contribution in [1.82, 2.24) is 4.90 Å². The predicted octanol–water partition coefficient (Wildman–Crippen LogP) is 1.45. The minimum atomic E-state index is -0.529. The number of benzene rings is 2. The molecule has 2 aromatic carbocycles. The van der Waals surface area contributed by atoms with Crippen molar-refractivity contribution < 1.29 is 19.1 Å². The molecule has 0 aliphatic rings. The van der Waals surface area contributed by atoms with Crippen molar-refractivity contribution in [1.29, 1.82) is 0 Å². The number of rotatable bonds is 11. The van der Waals surface area contributed by atoms with Gasteiger partial charge in [0.1, 0.15) is 5.75 Å². The summed E-state index contributed by atoms with van der Waals surface area (Å²) in [7, 11) is 1.55. The van der Waals surface area contributed by atoms with E-state index in [9.17, 15) is 14.4 Å². The lowest BCUT2D eigenvalue weighted by Gasteiger charge is -2.31. The standard InChI is InChI=1S/C22H28N4O4/c1-16(17-6-4-3-5-7-17)25(14-21(24)28)15-22(29)26(13-12-20(23)27)18-8-10-19(30-2)11-9-18/h3-11,16H,12-15H2,1-2H3,(H2,23,27)(H2,24,28)/t16-/m1/s1. The van der Waals surface area contributed by atoms with E-state index in [0.29, 0.717) is 11.4 Å². The van der Waals surface area contributed by atoms with Gasteiger partial charge in [0.25, 0.3) is 0 Å². The fraction of sp³-hybridized carbons (Fsp3) is 0.318. The molecule has 0 aromatic heterocycles. The molecule has 0 bridgehead atoms. The monoisotopic (exact) mass is 412 g/mol. The normalized spacial score (nSPS) is 11.7. The number of methoxy groups -OCH3 is 1. The summed E-state index contributed by atoms with van der Waals surface area (Å²) in [6.07, 6.45) is 0.0157. The summed E-state index contributed by atoms with van der Waals surface area (Å²) >= 11 is 0. The van der Waals surface area contributed by atoms with Gasteiger partial charge in [0.05, 0.1) is 20.2 Å². The van der Waals surface area contributed by atoms with E-state index in [4.69, 9.17) is 16.2 Å². The molecule has 0 saturated heterocycles. The Kier molecular flexibility index (Phi) is 8.37. The van der Waals surface area contributed by atoms with Crippen molar-refractivity contribution in [3.05, 3.63) is 60.2 Å². The Morgan fingerprint density at radius 3 is 2.10 bits per heavy atom. The van der Waals surface area contributed by atoms with Crippen LogP contribution in [-0.4, -0.2) is 49.4 Å². The number of carbonyl (C=O) groups is 3. The van der Waals surface area contributed by atoms with E-state index in [1.165, 1.54) is 4.90 Å². The molecule has 160 valence electrons. The molecule has 0 unspecified atom stereocenters. The van der Waals surface area contributed by atoms with Crippen molar-refractivity contribution >= 4 is 23.4 Å². The SMILES string of the molecule is COc1ccc(N(CCC(N)=O)C(=O)CN(CC(N)=O)[C@H](C)c2ccccc2)cc1. The van der Waals surface area contributed by atoms with E-state index in [-0.39, 0.29) is 38.0 Å². The fourth-order valence-electron chi connectivity index (χ4n) is 3.11. The smallest absolute Gasteiger partial charge is 0.241 e. The molecular formula is C22H28N4O4. The van der Waals surface area contributed by atoms with Gasteiger partial charge in [-0.15, -0.1) is 0 Å². The van der Waals surface area contributed by atoms with Crippen molar-refractivity contribution in [2.45, 2.75) is 19.4 Å². The van der Waals surface area contributed by atoms with Crippen molar-refractivity contribution in [2.24, 2.45) is 11.5 Å². The van der Waals surface area contributed by atoms with Gasteiger partial charge in [-0.3, -0.25) is 19.3 Å². The maximum absolute atomic E-state index is 13.2. The third-order valence-electron chi connectivity index (χ3n) is 4.79. The van der Waals surface area contributed by atoms with Crippen molar-refractivity contribution in [3.8, 4) is 5.75 Å². The second kappa shape index (κ2) is 11.0. The van der Waals surface area contributed by atoms with Crippen molar-refractivity contribution in [3.63, 3.8) is 0 Å². The second-order valence-electron chi connectivity index (χ2n) is 6.92. The number of ether oxygens (including phenoxy) is 1. The van der Waals surface area contributed by atoms with Gasteiger partial charge >= 0.3 is 0 Å². The highest BCUT2D eigenvalue weighted by Crippen LogP contribution is 2.23. The van der Waals surface area contributed by atoms with Crippen LogP contribution >= 0.6 is 0 Å². The molecule has 0 saturated carbocycles. The van der Waals surface area contributed by atoms with Crippen LogP contribution < -0.4 is 21.1 Å². The van der Waals surface area contributed by atoms with E-state index in [1.54, 1.807) is 36.3 Å². The van der Waals surface area contributed by atoms with Crippen LogP contribution in [0.2, 0.25) is 0 Å². The topological polar surface area (TPSA) is 119 Å². The summed E-state index contributed by atoms with van der Waals surface area (Å²) in [5.74, 6) is -0.661. The first-order valence-electron chi connectivity index (χ1n) is 9.61. The number of amides is 3. The van der Waals surface area contributed by atoms with E-state index in [2.05, 4.69) is 0 Å². The Balaban J connectivity index is 2.25. The summed E-state index contributed by atoms with van der Waals surface area (Å²) < 4.78 is 5.16. The van der Waals surface area contributed by atoms with Gasteiger partial charge in [0.15, 0.2) is 0 Å². The number of anilines is 1.